The summed E-state index contributed by atoms with van der Waals surface area (Å²) in [4.78, 5) is 13.0. The Morgan fingerprint density at radius 2 is 1.35 bits per heavy atom. The molecule has 0 heterocycles. The number of carbonyl (C=O) groups is 1. The number of hydrogen-bond acceptors (Lipinski definition) is 4. The molecule has 0 radical (unpaired) electrons. The van der Waals surface area contributed by atoms with Gasteiger partial charge in [0, 0.05) is 6.61 Å². The molecule has 0 bridgehead atoms. The van der Waals surface area contributed by atoms with Gasteiger partial charge in [0.1, 0.15) is 5.60 Å². The number of aliphatic hydroxyl groups excluding tert-OH is 1. The van der Waals surface area contributed by atoms with Crippen LogP contribution in [-0.2, 0) is 9.16 Å². The highest BCUT2D eigenvalue weighted by atomic mass is 28.4. The Morgan fingerprint density at radius 3 is 1.73 bits per heavy atom. The smallest absolute Gasteiger partial charge is 0.407 e. The Kier molecular flexibility index (Phi) is 10.6. The summed E-state index contributed by atoms with van der Waals surface area (Å²) >= 11 is 0. The van der Waals surface area contributed by atoms with Gasteiger partial charge in [-0.1, -0.05) is 102 Å². The van der Waals surface area contributed by atoms with Gasteiger partial charge in [0.25, 0.3) is 8.32 Å². The van der Waals surface area contributed by atoms with Crippen LogP contribution in [0.1, 0.15) is 75.2 Å². The molecule has 5 nitrogen and oxygen atoms in total. The SMILES string of the molecule is CC(C)(C)C[C@H](CCO)[C@H](CO[Si](c1ccccc1)(c1ccccc1)C(C)(C)C)NC(=O)OC(C)(C)C. The van der Waals surface area contributed by atoms with Crippen LogP contribution in [-0.4, -0.2) is 44.4 Å². The molecular formula is C31H49NO4Si. The first-order valence-electron chi connectivity index (χ1n) is 13.4. The molecule has 2 atom stereocenters. The van der Waals surface area contributed by atoms with Gasteiger partial charge in [0.15, 0.2) is 0 Å². The Hall–Kier alpha value is -2.15. The molecule has 0 saturated carbocycles. The maximum atomic E-state index is 13.0. The fourth-order valence-electron chi connectivity index (χ4n) is 5.13. The standard InChI is InChI=1S/C31H49NO4Si/c1-29(2,3)22-24(20-21-33)27(32-28(34)36-30(4,5)6)23-35-37(31(7,8)9,25-16-12-10-13-17-25)26-18-14-11-15-19-26/h10-19,24,27,33H,20-23H2,1-9H3,(H,32,34)/t24-,27-/m0/s1. The molecular weight excluding hydrogens is 478 g/mol. The number of amides is 1. The van der Waals surface area contributed by atoms with E-state index in [9.17, 15) is 9.90 Å². The van der Waals surface area contributed by atoms with Crippen LogP contribution in [0.25, 0.3) is 0 Å². The van der Waals surface area contributed by atoms with Crippen molar-refractivity contribution in [1.29, 1.82) is 0 Å². The minimum absolute atomic E-state index is 0.0190. The lowest BCUT2D eigenvalue weighted by Gasteiger charge is -2.44. The molecule has 2 N–H and O–H groups in total. The van der Waals surface area contributed by atoms with Crippen LogP contribution < -0.4 is 15.7 Å². The molecule has 0 aliphatic carbocycles. The van der Waals surface area contributed by atoms with Gasteiger partial charge in [-0.25, -0.2) is 4.79 Å². The van der Waals surface area contributed by atoms with E-state index < -0.39 is 20.0 Å². The van der Waals surface area contributed by atoms with Crippen molar-refractivity contribution >= 4 is 24.8 Å². The Balaban J connectivity index is 2.56. The summed E-state index contributed by atoms with van der Waals surface area (Å²) in [5, 5.41) is 15.3. The van der Waals surface area contributed by atoms with Crippen LogP contribution in [0, 0.1) is 11.3 Å². The van der Waals surface area contributed by atoms with E-state index in [1.54, 1.807) is 0 Å². The summed E-state index contributed by atoms with van der Waals surface area (Å²) in [6, 6.07) is 20.7. The van der Waals surface area contributed by atoms with Gasteiger partial charge >= 0.3 is 6.09 Å². The molecule has 1 amide bonds. The molecule has 0 unspecified atom stereocenters. The number of benzene rings is 2. The summed E-state index contributed by atoms with van der Waals surface area (Å²) in [7, 11) is -2.79. The molecule has 0 aliphatic heterocycles. The van der Waals surface area contributed by atoms with E-state index in [0.717, 1.165) is 6.42 Å². The lowest BCUT2D eigenvalue weighted by atomic mass is 9.80. The van der Waals surface area contributed by atoms with Crippen molar-refractivity contribution in [3.8, 4) is 0 Å². The summed E-state index contributed by atoms with van der Waals surface area (Å²) in [5.41, 5.74) is -0.588. The van der Waals surface area contributed by atoms with Crippen LogP contribution >= 0.6 is 0 Å². The topological polar surface area (TPSA) is 67.8 Å². The highest BCUT2D eigenvalue weighted by molar-refractivity contribution is 6.99. The fraction of sp³-hybridized carbons (Fsp3) is 0.581. The molecule has 0 spiro atoms. The van der Waals surface area contributed by atoms with Crippen LogP contribution in [0.2, 0.25) is 5.04 Å². The van der Waals surface area contributed by atoms with Crippen molar-refractivity contribution in [1.82, 2.24) is 5.32 Å². The minimum Gasteiger partial charge on any atom is -0.444 e. The van der Waals surface area contributed by atoms with Gasteiger partial charge in [-0.3, -0.25) is 0 Å². The highest BCUT2D eigenvalue weighted by Crippen LogP contribution is 2.37. The lowest BCUT2D eigenvalue weighted by molar-refractivity contribution is 0.0430. The van der Waals surface area contributed by atoms with Crippen molar-refractivity contribution in [2.45, 2.75) is 91.8 Å². The molecule has 2 rings (SSSR count). The Bertz CT molecular complexity index is 919. The van der Waals surface area contributed by atoms with E-state index in [0.29, 0.717) is 13.0 Å². The monoisotopic (exact) mass is 527 g/mol. The lowest BCUT2D eigenvalue weighted by Crippen LogP contribution is -2.67. The predicted octanol–water partition coefficient (Wildman–Crippen LogP) is 5.89. The first kappa shape index (κ1) is 31.1. The molecule has 2 aromatic rings. The van der Waals surface area contributed by atoms with Gasteiger partial charge in [0.05, 0.1) is 12.6 Å². The zero-order valence-electron chi connectivity index (χ0n) is 24.4. The maximum Gasteiger partial charge on any atom is 0.407 e. The van der Waals surface area contributed by atoms with E-state index in [4.69, 9.17) is 9.16 Å². The van der Waals surface area contributed by atoms with Gasteiger partial charge in [-0.15, -0.1) is 0 Å². The first-order chi connectivity index (χ1) is 17.1. The zero-order chi connectivity index (χ0) is 27.9. The highest BCUT2D eigenvalue weighted by Gasteiger charge is 2.50. The van der Waals surface area contributed by atoms with Crippen molar-refractivity contribution in [3.63, 3.8) is 0 Å². The minimum atomic E-state index is -2.79. The van der Waals surface area contributed by atoms with E-state index in [1.807, 2.05) is 32.9 Å². The fourth-order valence-corrected chi connectivity index (χ4v) is 9.71. The van der Waals surface area contributed by atoms with E-state index >= 15 is 0 Å². The van der Waals surface area contributed by atoms with Gasteiger partial charge in [-0.2, -0.15) is 0 Å². The molecule has 0 aliphatic rings. The Morgan fingerprint density at radius 1 is 0.865 bits per heavy atom. The van der Waals surface area contributed by atoms with Gasteiger partial charge in [-0.05, 0) is 60.4 Å². The average Bonchev–Trinajstić information content (AvgIpc) is 2.77. The zero-order valence-corrected chi connectivity index (χ0v) is 25.4. The van der Waals surface area contributed by atoms with Crippen LogP contribution in [0.5, 0.6) is 0 Å². The predicted molar refractivity (Wildman–Crippen MR) is 156 cm³/mol. The van der Waals surface area contributed by atoms with E-state index in [2.05, 4.69) is 95.4 Å². The van der Waals surface area contributed by atoms with Gasteiger partial charge in [0.2, 0.25) is 0 Å². The number of hydrogen-bond donors (Lipinski definition) is 2. The number of nitrogens with one attached hydrogen (secondary N) is 1. The van der Waals surface area contributed by atoms with Crippen molar-refractivity contribution in [3.05, 3.63) is 60.7 Å². The van der Waals surface area contributed by atoms with Crippen LogP contribution in [0.15, 0.2) is 60.7 Å². The Labute approximate surface area is 226 Å². The maximum absolute atomic E-state index is 13.0. The third-order valence-electron chi connectivity index (χ3n) is 6.54. The number of carbonyl (C=O) groups excluding carboxylic acids is 1. The molecule has 6 heteroatoms. The first-order valence-corrected chi connectivity index (χ1v) is 15.4. The van der Waals surface area contributed by atoms with Crippen molar-refractivity contribution < 1.29 is 19.1 Å². The number of ether oxygens (including phenoxy) is 1. The largest absolute Gasteiger partial charge is 0.444 e. The second kappa shape index (κ2) is 12.6. The molecule has 0 aromatic heterocycles. The number of alkyl carbamates (subject to hydrolysis) is 1. The molecule has 0 fully saturated rings. The molecule has 206 valence electrons. The molecule has 2 aromatic carbocycles. The number of aliphatic hydroxyl groups is 1. The molecule has 37 heavy (non-hydrogen) atoms. The second-order valence-electron chi connectivity index (χ2n) is 13.3. The third-order valence-corrected chi connectivity index (χ3v) is 11.5. The second-order valence-corrected chi connectivity index (χ2v) is 17.6. The van der Waals surface area contributed by atoms with E-state index in [1.165, 1.54) is 10.4 Å². The average molecular weight is 528 g/mol. The molecule has 0 saturated heterocycles. The van der Waals surface area contributed by atoms with E-state index in [-0.39, 0.29) is 29.0 Å². The quantitative estimate of drug-likeness (QED) is 0.378. The number of rotatable bonds is 10. The summed E-state index contributed by atoms with van der Waals surface area (Å²) in [5.74, 6) is 0.0238. The summed E-state index contributed by atoms with van der Waals surface area (Å²) < 4.78 is 12.8. The van der Waals surface area contributed by atoms with Crippen molar-refractivity contribution in [2.24, 2.45) is 11.3 Å². The summed E-state index contributed by atoms with van der Waals surface area (Å²) in [6.45, 7) is 19.3. The third kappa shape index (κ3) is 8.97. The summed E-state index contributed by atoms with van der Waals surface area (Å²) in [6.07, 6.45) is 0.945. The van der Waals surface area contributed by atoms with Crippen molar-refractivity contribution in [2.75, 3.05) is 13.2 Å². The van der Waals surface area contributed by atoms with Gasteiger partial charge < -0.3 is 19.6 Å². The van der Waals surface area contributed by atoms with Crippen LogP contribution in [0.4, 0.5) is 4.79 Å². The normalized spacial score (nSPS) is 14.6. The van der Waals surface area contributed by atoms with Crippen LogP contribution in [0.3, 0.4) is 0 Å².